The van der Waals surface area contributed by atoms with E-state index >= 15 is 0 Å². The number of nitrogens with zero attached hydrogens (tertiary/aromatic N) is 2. The second-order valence-electron chi connectivity index (χ2n) is 10.3. The first-order chi connectivity index (χ1) is 17.1. The molecule has 1 aliphatic rings. The molecule has 0 saturated heterocycles. The van der Waals surface area contributed by atoms with Gasteiger partial charge < -0.3 is 18.3 Å². The van der Waals surface area contributed by atoms with E-state index in [2.05, 4.69) is 9.97 Å². The lowest BCUT2D eigenvalue weighted by atomic mass is 9.88. The Balaban J connectivity index is 1.87. The summed E-state index contributed by atoms with van der Waals surface area (Å²) in [6.07, 6.45) is 11.4. The third-order valence-corrected chi connectivity index (χ3v) is 6.76. The fourth-order valence-electron chi connectivity index (χ4n) is 4.86. The van der Waals surface area contributed by atoms with Crippen molar-refractivity contribution in [3.05, 3.63) is 60.0 Å². The highest BCUT2D eigenvalue weighted by molar-refractivity contribution is 5.88. The molecule has 196 valence electrons. The third-order valence-electron chi connectivity index (χ3n) is 6.76. The molecule has 0 unspecified atom stereocenters. The van der Waals surface area contributed by atoms with E-state index in [4.69, 9.17) is 18.3 Å². The molecule has 0 spiro atoms. The molecule has 0 bridgehead atoms. The van der Waals surface area contributed by atoms with Crippen LogP contribution in [-0.2, 0) is 31.9 Å². The Hall–Kier alpha value is -3.16. The van der Waals surface area contributed by atoms with Gasteiger partial charge in [0.15, 0.2) is 12.8 Å². The molecule has 2 aromatic heterocycles. The third kappa shape index (κ3) is 7.93. The van der Waals surface area contributed by atoms with Crippen molar-refractivity contribution < 1.29 is 27.9 Å². The topological polar surface area (TPSA) is 105 Å². The largest absolute Gasteiger partial charge is 0.458 e. The molecule has 36 heavy (non-hydrogen) atoms. The molecule has 0 fully saturated rings. The molecule has 0 N–H and O–H groups in total. The van der Waals surface area contributed by atoms with Crippen molar-refractivity contribution in [2.75, 3.05) is 0 Å². The first-order valence-electron chi connectivity index (χ1n) is 12.7. The number of oxazole rings is 2. The zero-order valence-electron chi connectivity index (χ0n) is 22.1. The number of allylic oxidation sites excluding steroid dienone is 2. The molecule has 6 atom stereocenters. The standard InChI is InChI=1S/C28H38N2O6/c1-17-7-19(3)25(11-23-13-29-15-33-23)35-28(32)22(6)10-18(2)8-20(4)26(12-24-14-30-16-34-24)36-27(31)21(5)9-17/h9-10,13-20,25-26H,7-8,11-12H2,1-6H3/b21-9-,22-10+/t17-,18-,19+,20+,25+,26+/m1/s1. The predicted octanol–water partition coefficient (Wildman–Crippen LogP) is 5.50. The molecule has 3 rings (SSSR count). The summed E-state index contributed by atoms with van der Waals surface area (Å²) in [6.45, 7) is 11.8. The Kier molecular flexibility index (Phi) is 9.67. The van der Waals surface area contributed by atoms with Gasteiger partial charge in [-0.1, -0.05) is 39.8 Å². The molecule has 3 heterocycles. The summed E-state index contributed by atoms with van der Waals surface area (Å²) in [5.41, 5.74) is 1.12. The summed E-state index contributed by atoms with van der Waals surface area (Å²) in [7, 11) is 0. The van der Waals surface area contributed by atoms with Gasteiger partial charge in [0.2, 0.25) is 0 Å². The van der Waals surface area contributed by atoms with Crippen molar-refractivity contribution in [3.8, 4) is 0 Å². The highest BCUT2D eigenvalue weighted by Crippen LogP contribution is 2.27. The fourth-order valence-corrected chi connectivity index (χ4v) is 4.86. The number of ether oxygens (including phenoxy) is 2. The molecule has 1 aliphatic heterocycles. The number of carbonyl (C=O) groups excluding carboxylic acids is 2. The molecule has 0 saturated carbocycles. The van der Waals surface area contributed by atoms with E-state index in [1.54, 1.807) is 26.2 Å². The van der Waals surface area contributed by atoms with E-state index < -0.39 is 0 Å². The van der Waals surface area contributed by atoms with Crippen molar-refractivity contribution in [2.24, 2.45) is 23.7 Å². The molecule has 2 aromatic rings. The Labute approximate surface area is 213 Å². The summed E-state index contributed by atoms with van der Waals surface area (Å²) < 4.78 is 22.8. The van der Waals surface area contributed by atoms with Crippen LogP contribution in [0.15, 0.2) is 57.3 Å². The van der Waals surface area contributed by atoms with Gasteiger partial charge in [0, 0.05) is 24.0 Å². The summed E-state index contributed by atoms with van der Waals surface area (Å²) >= 11 is 0. The second-order valence-corrected chi connectivity index (χ2v) is 10.3. The summed E-state index contributed by atoms with van der Waals surface area (Å²) in [6, 6.07) is 0. The average Bonchev–Trinajstić information content (AvgIpc) is 3.51. The van der Waals surface area contributed by atoms with E-state index in [0.717, 1.165) is 0 Å². The summed E-state index contributed by atoms with van der Waals surface area (Å²) in [4.78, 5) is 34.0. The van der Waals surface area contributed by atoms with Gasteiger partial charge in [-0.2, -0.15) is 0 Å². The van der Waals surface area contributed by atoms with Gasteiger partial charge in [-0.15, -0.1) is 0 Å². The molecule has 0 amide bonds. The van der Waals surface area contributed by atoms with Crippen LogP contribution in [0, 0.1) is 23.7 Å². The number of hydrogen-bond donors (Lipinski definition) is 0. The van der Waals surface area contributed by atoms with Crippen LogP contribution >= 0.6 is 0 Å². The maximum Gasteiger partial charge on any atom is 0.333 e. The number of carbonyl (C=O) groups is 2. The number of rotatable bonds is 4. The van der Waals surface area contributed by atoms with Gasteiger partial charge in [0.25, 0.3) is 0 Å². The summed E-state index contributed by atoms with van der Waals surface area (Å²) in [5, 5.41) is 0. The van der Waals surface area contributed by atoms with Crippen molar-refractivity contribution >= 4 is 11.9 Å². The first kappa shape index (κ1) is 27.4. The minimum Gasteiger partial charge on any atom is -0.458 e. The Morgan fingerprint density at radius 2 is 1.11 bits per heavy atom. The smallest absolute Gasteiger partial charge is 0.333 e. The number of aromatic nitrogens is 2. The fraction of sp³-hybridized carbons (Fsp3) is 0.571. The van der Waals surface area contributed by atoms with Crippen LogP contribution in [0.1, 0.15) is 65.9 Å². The maximum atomic E-state index is 13.0. The SMILES string of the molecule is C/C1=C/[C@H](C)C[C@H](C)[C@H](Cc2cnco2)OC(=O)/C(C)=C/[C@H](C)C[C@H](C)[C@H](Cc2cnco2)OC1=O. The highest BCUT2D eigenvalue weighted by atomic mass is 16.5. The molecular formula is C28H38N2O6. The van der Waals surface area contributed by atoms with Gasteiger partial charge >= 0.3 is 11.9 Å². The van der Waals surface area contributed by atoms with E-state index in [1.165, 1.54) is 12.8 Å². The van der Waals surface area contributed by atoms with Crippen molar-refractivity contribution in [3.63, 3.8) is 0 Å². The van der Waals surface area contributed by atoms with Crippen molar-refractivity contribution in [1.29, 1.82) is 0 Å². The highest BCUT2D eigenvalue weighted by Gasteiger charge is 2.28. The minimum atomic E-state index is -0.384. The Morgan fingerprint density at radius 3 is 1.44 bits per heavy atom. The number of hydrogen-bond acceptors (Lipinski definition) is 8. The lowest BCUT2D eigenvalue weighted by Gasteiger charge is -2.27. The summed E-state index contributed by atoms with van der Waals surface area (Å²) in [5.74, 6) is 0.843. The minimum absolute atomic E-state index is 0.0199. The van der Waals surface area contributed by atoms with Gasteiger partial charge in [-0.05, 0) is 50.4 Å². The first-order valence-corrected chi connectivity index (χ1v) is 12.7. The molecule has 0 aliphatic carbocycles. The lowest BCUT2D eigenvalue weighted by molar-refractivity contribution is -0.147. The van der Waals surface area contributed by atoms with E-state index in [1.807, 2.05) is 39.8 Å². The van der Waals surface area contributed by atoms with Crippen LogP contribution in [0.4, 0.5) is 0 Å². The van der Waals surface area contributed by atoms with Crippen molar-refractivity contribution in [1.82, 2.24) is 9.97 Å². The zero-order valence-corrected chi connectivity index (χ0v) is 22.1. The van der Waals surface area contributed by atoms with Crippen LogP contribution in [0.3, 0.4) is 0 Å². The van der Waals surface area contributed by atoms with Crippen LogP contribution in [0.5, 0.6) is 0 Å². The lowest BCUT2D eigenvalue weighted by Crippen LogP contribution is -2.30. The van der Waals surface area contributed by atoms with Crippen LogP contribution in [-0.4, -0.2) is 34.1 Å². The average molecular weight is 499 g/mol. The second kappa shape index (κ2) is 12.7. The maximum absolute atomic E-state index is 13.0. The van der Waals surface area contributed by atoms with Crippen LogP contribution in [0.25, 0.3) is 0 Å². The normalized spacial score (nSPS) is 32.1. The molecule has 8 heteroatoms. The zero-order chi connectivity index (χ0) is 26.2. The molecule has 8 nitrogen and oxygen atoms in total. The van der Waals surface area contributed by atoms with Gasteiger partial charge in [0.05, 0.1) is 12.4 Å². The van der Waals surface area contributed by atoms with Crippen LogP contribution < -0.4 is 0 Å². The van der Waals surface area contributed by atoms with Gasteiger partial charge in [0.1, 0.15) is 23.7 Å². The van der Waals surface area contributed by atoms with Crippen molar-refractivity contribution in [2.45, 2.75) is 79.4 Å². The number of cyclic esters (lactones) is 2. The predicted molar refractivity (Wildman–Crippen MR) is 134 cm³/mol. The molecular weight excluding hydrogens is 460 g/mol. The number of esters is 2. The van der Waals surface area contributed by atoms with E-state index in [0.29, 0.717) is 48.3 Å². The van der Waals surface area contributed by atoms with Gasteiger partial charge in [-0.3, -0.25) is 0 Å². The van der Waals surface area contributed by atoms with Crippen LogP contribution in [0.2, 0.25) is 0 Å². The van der Waals surface area contributed by atoms with E-state index in [9.17, 15) is 9.59 Å². The van der Waals surface area contributed by atoms with E-state index in [-0.39, 0.29) is 47.8 Å². The molecule has 0 aromatic carbocycles. The monoisotopic (exact) mass is 498 g/mol. The Morgan fingerprint density at radius 1 is 0.722 bits per heavy atom. The quantitative estimate of drug-likeness (QED) is 0.509. The Bertz CT molecular complexity index is 956. The molecule has 0 radical (unpaired) electrons. The van der Waals surface area contributed by atoms with Gasteiger partial charge in [-0.25, -0.2) is 19.6 Å².